The van der Waals surface area contributed by atoms with Crippen LogP contribution in [0.25, 0.3) is 0 Å². The first-order valence-electron chi connectivity index (χ1n) is 4.79. The number of carboxylic acid groups (broad SMARTS) is 1. The minimum absolute atomic E-state index is 0.243. The largest absolute Gasteiger partial charge is 0.477 e. The van der Waals surface area contributed by atoms with E-state index < -0.39 is 22.5 Å². The van der Waals surface area contributed by atoms with E-state index in [4.69, 9.17) is 5.11 Å². The van der Waals surface area contributed by atoms with Crippen LogP contribution in [-0.2, 0) is 4.79 Å². The first-order valence-corrected chi connectivity index (χ1v) is 4.79. The maximum Gasteiger partial charge on any atom is 0.354 e. The van der Waals surface area contributed by atoms with Crippen LogP contribution in [0.4, 0.5) is 11.5 Å². The second kappa shape index (κ2) is 5.57. The molecule has 0 aliphatic rings. The molecule has 0 radical (unpaired) electrons. The van der Waals surface area contributed by atoms with E-state index in [1.807, 2.05) is 0 Å². The van der Waals surface area contributed by atoms with Gasteiger partial charge < -0.3 is 15.7 Å². The number of carbonyl (C=O) groups excluding carboxylic acids is 1. The lowest BCUT2D eigenvalue weighted by atomic mass is 10.3. The summed E-state index contributed by atoms with van der Waals surface area (Å²) in [5.74, 6) is -1.98. The quantitative estimate of drug-likeness (QED) is 0.491. The minimum atomic E-state index is -1.31. The van der Waals surface area contributed by atoms with Gasteiger partial charge in [-0.15, -0.1) is 0 Å². The van der Waals surface area contributed by atoms with Gasteiger partial charge in [0.25, 0.3) is 0 Å². The average molecular weight is 254 g/mol. The monoisotopic (exact) mass is 254 g/mol. The van der Waals surface area contributed by atoms with Crippen molar-refractivity contribution in [2.45, 2.75) is 0 Å². The van der Waals surface area contributed by atoms with E-state index in [0.717, 1.165) is 12.1 Å². The molecular weight excluding hydrogens is 244 g/mol. The van der Waals surface area contributed by atoms with E-state index in [-0.39, 0.29) is 18.1 Å². The Balaban J connectivity index is 3.03. The van der Waals surface area contributed by atoms with Gasteiger partial charge in [0, 0.05) is 13.1 Å². The van der Waals surface area contributed by atoms with Gasteiger partial charge in [-0.05, 0) is 6.07 Å². The smallest absolute Gasteiger partial charge is 0.354 e. The number of aromatic nitrogens is 1. The van der Waals surface area contributed by atoms with Crippen LogP contribution >= 0.6 is 0 Å². The predicted octanol–water partition coefficient (Wildman–Crippen LogP) is -0.154. The van der Waals surface area contributed by atoms with Crippen LogP contribution in [0.3, 0.4) is 0 Å². The summed E-state index contributed by atoms with van der Waals surface area (Å²) in [4.78, 5) is 35.2. The third kappa shape index (κ3) is 3.14. The first kappa shape index (κ1) is 13.4. The van der Waals surface area contributed by atoms with Gasteiger partial charge in [0.2, 0.25) is 11.7 Å². The second-order valence-corrected chi connectivity index (χ2v) is 3.15. The number of aromatic carboxylic acids is 1. The summed E-state index contributed by atoms with van der Waals surface area (Å²) >= 11 is 0. The van der Waals surface area contributed by atoms with Crippen molar-refractivity contribution >= 4 is 23.4 Å². The molecule has 1 aromatic heterocycles. The Hall–Kier alpha value is -2.71. The van der Waals surface area contributed by atoms with Crippen molar-refractivity contribution in [3.8, 4) is 0 Å². The Bertz CT molecular complexity index is 502. The second-order valence-electron chi connectivity index (χ2n) is 3.15. The third-order valence-electron chi connectivity index (χ3n) is 1.98. The molecule has 18 heavy (non-hydrogen) atoms. The molecule has 0 saturated carbocycles. The van der Waals surface area contributed by atoms with Gasteiger partial charge in [0.15, 0.2) is 5.69 Å². The first-order chi connectivity index (χ1) is 8.45. The number of rotatable bonds is 5. The van der Waals surface area contributed by atoms with Crippen molar-refractivity contribution in [3.63, 3.8) is 0 Å². The number of pyridine rings is 1. The molecule has 3 N–H and O–H groups in total. The number of carbonyl (C=O) groups is 2. The van der Waals surface area contributed by atoms with Crippen LogP contribution in [0.15, 0.2) is 12.1 Å². The molecule has 9 heteroatoms. The highest BCUT2D eigenvalue weighted by Crippen LogP contribution is 2.21. The number of nitrogens with zero attached hydrogens (tertiary/aromatic N) is 2. The molecule has 1 amide bonds. The van der Waals surface area contributed by atoms with Gasteiger partial charge in [-0.3, -0.25) is 14.9 Å². The van der Waals surface area contributed by atoms with E-state index in [2.05, 4.69) is 15.6 Å². The molecule has 1 aromatic rings. The Morgan fingerprint density at radius 1 is 1.50 bits per heavy atom. The average Bonchev–Trinajstić information content (AvgIpc) is 2.35. The topological polar surface area (TPSA) is 134 Å². The van der Waals surface area contributed by atoms with E-state index in [1.165, 1.54) is 7.05 Å². The maximum absolute atomic E-state index is 11.0. The molecule has 0 spiro atoms. The number of hydrogen-bond donors (Lipinski definition) is 3. The lowest BCUT2D eigenvalue weighted by Crippen LogP contribution is -2.26. The number of anilines is 1. The number of hydrogen-bond acceptors (Lipinski definition) is 6. The lowest BCUT2D eigenvalue weighted by molar-refractivity contribution is -0.384. The molecule has 1 heterocycles. The standard InChI is InChI=1S/C9H10N4O5/c1-10-7(14)4-11-8-6(13(17)18)3-2-5(12-8)9(15)16/h2-3H,4H2,1H3,(H,10,14)(H,11,12)(H,15,16). The van der Waals surface area contributed by atoms with Crippen molar-refractivity contribution < 1.29 is 19.6 Å². The highest BCUT2D eigenvalue weighted by Gasteiger charge is 2.18. The molecule has 0 aliphatic heterocycles. The number of nitro groups is 1. The van der Waals surface area contributed by atoms with Crippen LogP contribution in [0.2, 0.25) is 0 Å². The Morgan fingerprint density at radius 2 is 2.17 bits per heavy atom. The number of amides is 1. The predicted molar refractivity (Wildman–Crippen MR) is 60.4 cm³/mol. The summed E-state index contributed by atoms with van der Waals surface area (Å²) in [5.41, 5.74) is -0.746. The highest BCUT2D eigenvalue weighted by molar-refractivity contribution is 5.87. The molecule has 0 saturated heterocycles. The minimum Gasteiger partial charge on any atom is -0.477 e. The zero-order valence-electron chi connectivity index (χ0n) is 9.34. The summed E-state index contributed by atoms with van der Waals surface area (Å²) in [7, 11) is 1.40. The van der Waals surface area contributed by atoms with Gasteiger partial charge in [0.1, 0.15) is 0 Å². The molecule has 0 unspecified atom stereocenters. The van der Waals surface area contributed by atoms with Gasteiger partial charge >= 0.3 is 11.7 Å². The van der Waals surface area contributed by atoms with Gasteiger partial charge in [-0.25, -0.2) is 9.78 Å². The van der Waals surface area contributed by atoms with Crippen molar-refractivity contribution in [2.24, 2.45) is 0 Å². The molecule has 0 bridgehead atoms. The number of carboxylic acids is 1. The van der Waals surface area contributed by atoms with E-state index in [9.17, 15) is 19.7 Å². The van der Waals surface area contributed by atoms with E-state index >= 15 is 0 Å². The van der Waals surface area contributed by atoms with E-state index in [1.54, 1.807) is 0 Å². The zero-order chi connectivity index (χ0) is 13.7. The van der Waals surface area contributed by atoms with Gasteiger partial charge in [-0.2, -0.15) is 0 Å². The Kier molecular flexibility index (Phi) is 4.13. The molecule has 1 rings (SSSR count). The van der Waals surface area contributed by atoms with Crippen LogP contribution in [0.1, 0.15) is 10.5 Å². The van der Waals surface area contributed by atoms with Crippen LogP contribution < -0.4 is 10.6 Å². The zero-order valence-corrected chi connectivity index (χ0v) is 9.34. The van der Waals surface area contributed by atoms with Crippen LogP contribution in [-0.4, -0.2) is 40.5 Å². The number of likely N-dealkylation sites (N-methyl/N-ethyl adjacent to an activating group) is 1. The maximum atomic E-state index is 11.0. The van der Waals surface area contributed by atoms with Crippen LogP contribution in [0.5, 0.6) is 0 Å². The van der Waals surface area contributed by atoms with Crippen molar-refractivity contribution in [1.29, 1.82) is 0 Å². The Morgan fingerprint density at radius 3 is 2.67 bits per heavy atom. The molecule has 0 aliphatic carbocycles. The fourth-order valence-electron chi connectivity index (χ4n) is 1.10. The number of nitrogens with one attached hydrogen (secondary N) is 2. The van der Waals surface area contributed by atoms with Crippen molar-refractivity contribution in [1.82, 2.24) is 10.3 Å². The molecular formula is C9H10N4O5. The highest BCUT2D eigenvalue weighted by atomic mass is 16.6. The molecule has 9 nitrogen and oxygen atoms in total. The molecule has 0 aromatic carbocycles. The summed E-state index contributed by atoms with van der Waals surface area (Å²) in [6.07, 6.45) is 0. The lowest BCUT2D eigenvalue weighted by Gasteiger charge is -2.05. The Labute approximate surface area is 101 Å². The van der Waals surface area contributed by atoms with Crippen LogP contribution in [0, 0.1) is 10.1 Å². The summed E-state index contributed by atoms with van der Waals surface area (Å²) in [6, 6.07) is 2.04. The SMILES string of the molecule is CNC(=O)CNc1nc(C(=O)O)ccc1[N+](=O)[O-]. The summed E-state index contributed by atoms with van der Waals surface area (Å²) < 4.78 is 0. The van der Waals surface area contributed by atoms with Crippen molar-refractivity contribution in [3.05, 3.63) is 27.9 Å². The van der Waals surface area contributed by atoms with Gasteiger partial charge in [0.05, 0.1) is 11.5 Å². The van der Waals surface area contributed by atoms with Crippen molar-refractivity contribution in [2.75, 3.05) is 18.9 Å². The molecule has 96 valence electrons. The fraction of sp³-hybridized carbons (Fsp3) is 0.222. The molecule has 0 atom stereocenters. The van der Waals surface area contributed by atoms with Gasteiger partial charge in [-0.1, -0.05) is 0 Å². The summed E-state index contributed by atoms with van der Waals surface area (Å²) in [6.45, 7) is -0.243. The fourth-order valence-corrected chi connectivity index (χ4v) is 1.10. The molecule has 0 fully saturated rings. The van der Waals surface area contributed by atoms with E-state index in [0.29, 0.717) is 0 Å². The third-order valence-corrected chi connectivity index (χ3v) is 1.98. The normalized spacial score (nSPS) is 9.61. The summed E-state index contributed by atoms with van der Waals surface area (Å²) in [5, 5.41) is 24.1.